The molecule has 0 unspecified atom stereocenters. The zero-order valence-electron chi connectivity index (χ0n) is 9.86. The second-order valence-electron chi connectivity index (χ2n) is 3.69. The zero-order chi connectivity index (χ0) is 13.6. The number of carbonyl (C=O) groups excluding carboxylic acids is 2. The first-order chi connectivity index (χ1) is 7.83. The van der Waals surface area contributed by atoms with Crippen LogP contribution in [0.1, 0.15) is 20.3 Å². The van der Waals surface area contributed by atoms with E-state index in [1.54, 1.807) is 0 Å². The molecule has 94 valence electrons. The second kappa shape index (κ2) is 6.55. The van der Waals surface area contributed by atoms with E-state index in [2.05, 4.69) is 13.2 Å². The minimum Gasteiger partial charge on any atom is -0.396 e. The number of aliphatic hydroxyl groups is 1. The highest BCUT2D eigenvalue weighted by Gasteiger charge is 2.47. The molecule has 1 N–H and O–H groups in total. The van der Waals surface area contributed by atoms with Crippen molar-refractivity contribution in [2.75, 3.05) is 6.61 Å². The van der Waals surface area contributed by atoms with E-state index in [4.69, 9.17) is 9.63 Å². The Bertz CT molecular complexity index is 346. The number of hydrogen-bond donors (Lipinski definition) is 1. The number of rotatable bonds is 8. The van der Waals surface area contributed by atoms with Crippen LogP contribution in [0.25, 0.3) is 0 Å². The van der Waals surface area contributed by atoms with Crippen LogP contribution in [-0.2, 0) is 18.7 Å². The molecule has 0 aromatic heterocycles. The van der Waals surface area contributed by atoms with Crippen LogP contribution in [0.3, 0.4) is 0 Å². The number of carbonyl (C=O) groups is 2. The van der Waals surface area contributed by atoms with E-state index >= 15 is 0 Å². The van der Waals surface area contributed by atoms with E-state index in [9.17, 15) is 14.2 Å². The van der Waals surface area contributed by atoms with Gasteiger partial charge in [0.25, 0.3) is 0 Å². The summed E-state index contributed by atoms with van der Waals surface area (Å²) in [5.74, 6) is -1.41. The van der Waals surface area contributed by atoms with E-state index in [-0.39, 0.29) is 17.6 Å². The molecule has 0 rings (SSSR count). The van der Waals surface area contributed by atoms with Gasteiger partial charge in [0.1, 0.15) is 0 Å². The van der Waals surface area contributed by atoms with Crippen molar-refractivity contribution < 1.29 is 23.8 Å². The van der Waals surface area contributed by atoms with Crippen LogP contribution < -0.4 is 0 Å². The summed E-state index contributed by atoms with van der Waals surface area (Å²) in [6.45, 7) is 9.21. The fourth-order valence-corrected chi connectivity index (χ4v) is 1.75. The topological polar surface area (TPSA) is 80.7 Å². The standard InChI is InChI=1S/C11H15O5P/c1-7(2)9(13)11(5-6-12,16-17-15)10(14)8(3)4/h12H,1,3,5-6H2,2,4H3. The van der Waals surface area contributed by atoms with Gasteiger partial charge in [0.2, 0.25) is 5.60 Å². The van der Waals surface area contributed by atoms with Crippen molar-refractivity contribution in [2.45, 2.75) is 25.9 Å². The minimum atomic E-state index is -1.99. The molecule has 6 heteroatoms. The van der Waals surface area contributed by atoms with Crippen LogP contribution in [-0.4, -0.2) is 28.9 Å². The summed E-state index contributed by atoms with van der Waals surface area (Å²) >= 11 is 0. The number of Topliss-reactive ketones (excluding diaryl/α,β-unsaturated/α-hetero) is 2. The molecule has 0 heterocycles. The predicted octanol–water partition coefficient (Wildman–Crippen LogP) is 1.62. The third-order valence-corrected chi connectivity index (χ3v) is 2.55. The lowest BCUT2D eigenvalue weighted by atomic mass is 9.84. The molecule has 0 saturated carbocycles. The van der Waals surface area contributed by atoms with Crippen molar-refractivity contribution in [1.82, 2.24) is 0 Å². The smallest absolute Gasteiger partial charge is 0.328 e. The fraction of sp³-hybridized carbons (Fsp3) is 0.455. The van der Waals surface area contributed by atoms with Gasteiger partial charge in [0, 0.05) is 13.0 Å². The summed E-state index contributed by atoms with van der Waals surface area (Å²) in [6.07, 6.45) is -0.292. The molecular weight excluding hydrogens is 243 g/mol. The average Bonchev–Trinajstić information content (AvgIpc) is 2.26. The van der Waals surface area contributed by atoms with Gasteiger partial charge in [-0.25, -0.2) is 4.57 Å². The van der Waals surface area contributed by atoms with E-state index in [1.807, 2.05) is 0 Å². The molecular formula is C11H15O5P. The molecule has 0 saturated heterocycles. The maximum absolute atomic E-state index is 11.9. The van der Waals surface area contributed by atoms with Gasteiger partial charge in [0.05, 0.1) is 0 Å². The molecule has 0 spiro atoms. The van der Waals surface area contributed by atoms with Crippen molar-refractivity contribution >= 4 is 20.3 Å². The monoisotopic (exact) mass is 258 g/mol. The first-order valence-electron chi connectivity index (χ1n) is 4.85. The molecule has 0 amide bonds. The molecule has 0 atom stereocenters. The van der Waals surface area contributed by atoms with Gasteiger partial charge in [-0.15, -0.1) is 0 Å². The highest BCUT2D eigenvalue weighted by Crippen LogP contribution is 2.29. The molecule has 0 aliphatic heterocycles. The van der Waals surface area contributed by atoms with Crippen molar-refractivity contribution in [2.24, 2.45) is 0 Å². The van der Waals surface area contributed by atoms with Crippen molar-refractivity contribution in [1.29, 1.82) is 0 Å². The lowest BCUT2D eigenvalue weighted by molar-refractivity contribution is -0.143. The van der Waals surface area contributed by atoms with Crippen LogP contribution in [0.5, 0.6) is 0 Å². The molecule has 0 aromatic rings. The molecule has 0 aliphatic carbocycles. The Morgan fingerprint density at radius 2 is 1.65 bits per heavy atom. The summed E-state index contributed by atoms with van der Waals surface area (Å²) < 4.78 is 15.3. The molecule has 0 aliphatic rings. The molecule has 17 heavy (non-hydrogen) atoms. The summed E-state index contributed by atoms with van der Waals surface area (Å²) in [6, 6.07) is 0. The highest BCUT2D eigenvalue weighted by atomic mass is 31.1. The van der Waals surface area contributed by atoms with Gasteiger partial charge in [0.15, 0.2) is 11.6 Å². The Balaban J connectivity index is 5.64. The third-order valence-electron chi connectivity index (χ3n) is 2.17. The summed E-state index contributed by atoms with van der Waals surface area (Å²) in [5.41, 5.74) is -1.83. The molecule has 0 bridgehead atoms. The van der Waals surface area contributed by atoms with E-state index in [0.717, 1.165) is 0 Å². The molecule has 0 radical (unpaired) electrons. The van der Waals surface area contributed by atoms with Gasteiger partial charge in [-0.2, -0.15) is 0 Å². The maximum Gasteiger partial charge on any atom is 0.328 e. The average molecular weight is 258 g/mol. The summed E-state index contributed by atoms with van der Waals surface area (Å²) in [7, 11) is -0.820. The lowest BCUT2D eigenvalue weighted by Crippen LogP contribution is -2.48. The van der Waals surface area contributed by atoms with E-state index in [1.165, 1.54) is 13.8 Å². The zero-order valence-corrected chi connectivity index (χ0v) is 10.8. The first kappa shape index (κ1) is 15.8. The Morgan fingerprint density at radius 1 is 1.24 bits per heavy atom. The fourth-order valence-electron chi connectivity index (χ4n) is 1.37. The van der Waals surface area contributed by atoms with Gasteiger partial charge < -0.3 is 5.11 Å². The summed E-state index contributed by atoms with van der Waals surface area (Å²) in [5, 5.41) is 8.94. The highest BCUT2D eigenvalue weighted by molar-refractivity contribution is 7.17. The maximum atomic E-state index is 11.9. The van der Waals surface area contributed by atoms with E-state index in [0.29, 0.717) is 0 Å². The van der Waals surface area contributed by atoms with Gasteiger partial charge in [-0.05, 0) is 25.0 Å². The van der Waals surface area contributed by atoms with Crippen LogP contribution >= 0.6 is 8.69 Å². The molecule has 0 aromatic carbocycles. The Kier molecular flexibility index (Phi) is 6.10. The Morgan fingerprint density at radius 3 is 1.88 bits per heavy atom. The summed E-state index contributed by atoms with van der Waals surface area (Å²) in [4.78, 5) is 23.9. The van der Waals surface area contributed by atoms with Crippen LogP contribution in [0, 0.1) is 0 Å². The van der Waals surface area contributed by atoms with Crippen molar-refractivity contribution in [3.63, 3.8) is 0 Å². The van der Waals surface area contributed by atoms with Crippen LogP contribution in [0.4, 0.5) is 0 Å². The van der Waals surface area contributed by atoms with Crippen molar-refractivity contribution in [3.05, 3.63) is 24.3 Å². The third kappa shape index (κ3) is 3.40. The SMILES string of the molecule is C=C(C)C(=O)C(CCO)(OP=O)C(=O)C(=C)C. The molecule has 0 fully saturated rings. The van der Waals surface area contributed by atoms with Gasteiger partial charge in [-0.3, -0.25) is 14.1 Å². The Labute approximate surface area is 101 Å². The number of ketones is 2. The largest absolute Gasteiger partial charge is 0.396 e. The van der Waals surface area contributed by atoms with Gasteiger partial charge in [-0.1, -0.05) is 13.2 Å². The minimum absolute atomic E-state index is 0.0803. The number of aliphatic hydroxyl groups excluding tert-OH is 1. The first-order valence-corrected chi connectivity index (χ1v) is 5.58. The van der Waals surface area contributed by atoms with Crippen LogP contribution in [0.15, 0.2) is 24.3 Å². The normalized spacial score (nSPS) is 11.2. The second-order valence-corrected chi connectivity index (χ2v) is 4.02. The van der Waals surface area contributed by atoms with Crippen LogP contribution in [0.2, 0.25) is 0 Å². The van der Waals surface area contributed by atoms with Crippen molar-refractivity contribution in [3.8, 4) is 0 Å². The number of hydrogen-bond acceptors (Lipinski definition) is 5. The van der Waals surface area contributed by atoms with E-state index < -0.39 is 32.5 Å². The molecule has 5 nitrogen and oxygen atoms in total. The van der Waals surface area contributed by atoms with Gasteiger partial charge >= 0.3 is 8.69 Å². The Hall–Kier alpha value is -1.16. The lowest BCUT2D eigenvalue weighted by Gasteiger charge is -2.27. The predicted molar refractivity (Wildman–Crippen MR) is 62.8 cm³/mol. The quantitative estimate of drug-likeness (QED) is 0.406.